The number of carbonyl (C=O) groups is 1. The molecule has 1 fully saturated rings. The highest BCUT2D eigenvalue weighted by atomic mass is 16.5. The molecule has 2 rings (SSSR count). The highest BCUT2D eigenvalue weighted by Gasteiger charge is 2.24. The van der Waals surface area contributed by atoms with Crippen LogP contribution in [0.1, 0.15) is 12.8 Å². The lowest BCUT2D eigenvalue weighted by Crippen LogP contribution is -2.17. The number of hydrogen-bond donors (Lipinski definition) is 1. The molecule has 0 aromatic carbocycles. The number of carbonyl (C=O) groups excluding carboxylic acids is 1. The first-order valence-corrected chi connectivity index (χ1v) is 4.54. The standard InChI is InChI=1S/C10H13NO2/c1-13-10(12)8-2-3-9-7(6-8)4-5-11-9/h3,6,8,11H,2,4-5H2,1H3. The minimum atomic E-state index is -0.130. The van der Waals surface area contributed by atoms with Crippen LogP contribution in [0.2, 0.25) is 0 Å². The molecule has 1 unspecified atom stereocenters. The van der Waals surface area contributed by atoms with Crippen molar-refractivity contribution in [1.29, 1.82) is 0 Å². The zero-order chi connectivity index (χ0) is 9.26. The molecule has 0 amide bonds. The molecule has 13 heavy (non-hydrogen) atoms. The number of fused-ring (bicyclic) bond motifs is 1. The van der Waals surface area contributed by atoms with Gasteiger partial charge in [0.1, 0.15) is 0 Å². The number of methoxy groups -OCH3 is 1. The fourth-order valence-electron chi connectivity index (χ4n) is 1.83. The minimum absolute atomic E-state index is 0.0661. The third kappa shape index (κ3) is 1.46. The molecule has 1 saturated heterocycles. The van der Waals surface area contributed by atoms with Gasteiger partial charge in [-0.1, -0.05) is 12.2 Å². The van der Waals surface area contributed by atoms with E-state index in [1.807, 2.05) is 6.08 Å². The molecular weight excluding hydrogens is 166 g/mol. The van der Waals surface area contributed by atoms with Gasteiger partial charge in [0, 0.05) is 12.2 Å². The zero-order valence-electron chi connectivity index (χ0n) is 7.67. The van der Waals surface area contributed by atoms with E-state index in [0.717, 1.165) is 19.4 Å². The lowest BCUT2D eigenvalue weighted by atomic mass is 9.94. The summed E-state index contributed by atoms with van der Waals surface area (Å²) < 4.78 is 4.70. The lowest BCUT2D eigenvalue weighted by molar-refractivity contribution is -0.143. The number of nitrogens with one attached hydrogen (secondary N) is 1. The van der Waals surface area contributed by atoms with E-state index in [1.54, 1.807) is 0 Å². The van der Waals surface area contributed by atoms with Gasteiger partial charge >= 0.3 is 5.97 Å². The Balaban J connectivity index is 2.14. The van der Waals surface area contributed by atoms with Crippen molar-refractivity contribution in [2.75, 3.05) is 13.7 Å². The van der Waals surface area contributed by atoms with Crippen molar-refractivity contribution in [3.63, 3.8) is 0 Å². The van der Waals surface area contributed by atoms with Crippen molar-refractivity contribution in [1.82, 2.24) is 5.32 Å². The Morgan fingerprint density at radius 3 is 3.31 bits per heavy atom. The maximum Gasteiger partial charge on any atom is 0.312 e. The summed E-state index contributed by atoms with van der Waals surface area (Å²) in [6.45, 7) is 0.992. The Hall–Kier alpha value is -1.25. The number of esters is 1. The van der Waals surface area contributed by atoms with Gasteiger partial charge in [0.2, 0.25) is 0 Å². The average molecular weight is 179 g/mol. The van der Waals surface area contributed by atoms with Crippen LogP contribution in [0.25, 0.3) is 0 Å². The Morgan fingerprint density at radius 1 is 1.69 bits per heavy atom. The van der Waals surface area contributed by atoms with Gasteiger partial charge < -0.3 is 10.1 Å². The summed E-state index contributed by atoms with van der Waals surface area (Å²) in [5.74, 6) is -0.196. The highest BCUT2D eigenvalue weighted by molar-refractivity contribution is 5.75. The number of hydrogen-bond acceptors (Lipinski definition) is 3. The minimum Gasteiger partial charge on any atom is -0.469 e. The van der Waals surface area contributed by atoms with E-state index in [9.17, 15) is 4.79 Å². The van der Waals surface area contributed by atoms with Crippen LogP contribution in [-0.2, 0) is 9.53 Å². The van der Waals surface area contributed by atoms with E-state index in [-0.39, 0.29) is 11.9 Å². The van der Waals surface area contributed by atoms with Gasteiger partial charge in [0.25, 0.3) is 0 Å². The Morgan fingerprint density at radius 2 is 2.54 bits per heavy atom. The predicted molar refractivity (Wildman–Crippen MR) is 48.9 cm³/mol. The molecule has 1 aliphatic heterocycles. The second-order valence-electron chi connectivity index (χ2n) is 3.35. The van der Waals surface area contributed by atoms with E-state index in [1.165, 1.54) is 18.4 Å². The van der Waals surface area contributed by atoms with Crippen molar-refractivity contribution < 1.29 is 9.53 Å². The van der Waals surface area contributed by atoms with Crippen LogP contribution in [0.3, 0.4) is 0 Å². The zero-order valence-corrected chi connectivity index (χ0v) is 7.67. The number of ether oxygens (including phenoxy) is 1. The fraction of sp³-hybridized carbons (Fsp3) is 0.500. The summed E-state index contributed by atoms with van der Waals surface area (Å²) >= 11 is 0. The monoisotopic (exact) mass is 179 g/mol. The summed E-state index contributed by atoms with van der Waals surface area (Å²) in [6, 6.07) is 0. The third-order valence-corrected chi connectivity index (χ3v) is 2.54. The molecule has 0 saturated carbocycles. The fourth-order valence-corrected chi connectivity index (χ4v) is 1.83. The van der Waals surface area contributed by atoms with E-state index in [0.29, 0.717) is 0 Å². The molecule has 0 aromatic rings. The van der Waals surface area contributed by atoms with E-state index >= 15 is 0 Å². The van der Waals surface area contributed by atoms with Crippen molar-refractivity contribution in [2.45, 2.75) is 12.8 Å². The van der Waals surface area contributed by atoms with Crippen LogP contribution in [-0.4, -0.2) is 19.6 Å². The highest BCUT2D eigenvalue weighted by Crippen LogP contribution is 2.27. The molecule has 1 atom stereocenters. The number of rotatable bonds is 1. The van der Waals surface area contributed by atoms with Crippen LogP contribution < -0.4 is 5.32 Å². The summed E-state index contributed by atoms with van der Waals surface area (Å²) in [6.07, 6.45) is 5.91. The molecule has 1 N–H and O–H groups in total. The molecule has 3 heteroatoms. The molecule has 3 nitrogen and oxygen atoms in total. The Kier molecular flexibility index (Phi) is 2.08. The maximum absolute atomic E-state index is 11.2. The molecule has 2 aliphatic rings. The van der Waals surface area contributed by atoms with E-state index < -0.39 is 0 Å². The van der Waals surface area contributed by atoms with Crippen LogP contribution in [0.5, 0.6) is 0 Å². The van der Waals surface area contributed by atoms with E-state index in [2.05, 4.69) is 11.4 Å². The van der Waals surface area contributed by atoms with Crippen molar-refractivity contribution in [3.05, 3.63) is 23.4 Å². The third-order valence-electron chi connectivity index (χ3n) is 2.54. The summed E-state index contributed by atoms with van der Waals surface area (Å²) in [5.41, 5.74) is 2.47. The SMILES string of the molecule is COC(=O)C1C=C2CCNC2=CC1. The van der Waals surface area contributed by atoms with Gasteiger partial charge in [0.05, 0.1) is 13.0 Å². The van der Waals surface area contributed by atoms with Gasteiger partial charge in [-0.3, -0.25) is 4.79 Å². The quantitative estimate of drug-likeness (QED) is 0.610. The van der Waals surface area contributed by atoms with Crippen molar-refractivity contribution >= 4 is 5.97 Å². The summed E-state index contributed by atoms with van der Waals surface area (Å²) in [5, 5.41) is 3.28. The molecular formula is C10H13NO2. The summed E-state index contributed by atoms with van der Waals surface area (Å²) in [7, 11) is 1.44. The Labute approximate surface area is 77.5 Å². The largest absolute Gasteiger partial charge is 0.469 e. The van der Waals surface area contributed by atoms with Crippen molar-refractivity contribution in [3.8, 4) is 0 Å². The molecule has 70 valence electrons. The maximum atomic E-state index is 11.2. The Bertz CT molecular complexity index is 291. The van der Waals surface area contributed by atoms with Gasteiger partial charge in [0.15, 0.2) is 0 Å². The number of allylic oxidation sites excluding steroid dienone is 2. The molecule has 0 aromatic heterocycles. The first kappa shape index (κ1) is 8.35. The van der Waals surface area contributed by atoms with Crippen molar-refractivity contribution in [2.24, 2.45) is 5.92 Å². The van der Waals surface area contributed by atoms with Gasteiger partial charge in [-0.25, -0.2) is 0 Å². The van der Waals surface area contributed by atoms with Crippen LogP contribution in [0.15, 0.2) is 23.4 Å². The normalized spacial score (nSPS) is 25.5. The topological polar surface area (TPSA) is 38.3 Å². The van der Waals surface area contributed by atoms with Gasteiger partial charge in [-0.05, 0) is 18.4 Å². The second-order valence-corrected chi connectivity index (χ2v) is 3.35. The molecule has 1 heterocycles. The second kappa shape index (κ2) is 3.24. The lowest BCUT2D eigenvalue weighted by Gasteiger charge is -2.15. The van der Waals surface area contributed by atoms with Crippen LogP contribution >= 0.6 is 0 Å². The first-order valence-electron chi connectivity index (χ1n) is 4.54. The van der Waals surface area contributed by atoms with Gasteiger partial charge in [-0.2, -0.15) is 0 Å². The molecule has 0 bridgehead atoms. The van der Waals surface area contributed by atoms with Crippen LogP contribution in [0, 0.1) is 5.92 Å². The molecule has 0 radical (unpaired) electrons. The van der Waals surface area contributed by atoms with Gasteiger partial charge in [-0.15, -0.1) is 0 Å². The first-order chi connectivity index (χ1) is 6.31. The van der Waals surface area contributed by atoms with E-state index in [4.69, 9.17) is 4.74 Å². The molecule has 0 spiro atoms. The molecule has 1 aliphatic carbocycles. The predicted octanol–water partition coefficient (Wildman–Crippen LogP) is 0.983. The average Bonchev–Trinajstić information content (AvgIpc) is 2.63. The van der Waals surface area contributed by atoms with Crippen LogP contribution in [0.4, 0.5) is 0 Å². The smallest absolute Gasteiger partial charge is 0.312 e. The summed E-state index contributed by atoms with van der Waals surface area (Å²) in [4.78, 5) is 11.2.